The number of quaternary nitrogens is 1. The maximum Gasteiger partial charge on any atom is 0.389 e. The second kappa shape index (κ2) is 5.47. The summed E-state index contributed by atoms with van der Waals surface area (Å²) in [6.07, 6.45) is 1.19. The number of hydroxylamine groups is 3. The van der Waals surface area contributed by atoms with Gasteiger partial charge in [0.2, 0.25) is 0 Å². The highest BCUT2D eigenvalue weighted by molar-refractivity contribution is 5.80. The first kappa shape index (κ1) is 12.5. The number of carbonyl (C=O) groups excluding carboxylic acids is 1. The topological polar surface area (TPSA) is 26.3 Å². The number of rotatable bonds is 5. The maximum absolute atomic E-state index is 11.2. The van der Waals surface area contributed by atoms with Crippen LogP contribution in [0.15, 0.2) is 43.0 Å². The predicted molar refractivity (Wildman–Crippen MR) is 63.2 cm³/mol. The van der Waals surface area contributed by atoms with Crippen molar-refractivity contribution in [1.82, 2.24) is 0 Å². The second-order valence-corrected chi connectivity index (χ2v) is 3.87. The van der Waals surface area contributed by atoms with Crippen LogP contribution in [0.3, 0.4) is 0 Å². The predicted octanol–water partition coefficient (Wildman–Crippen LogP) is 2.30. The van der Waals surface area contributed by atoms with Crippen molar-refractivity contribution in [3.8, 4) is 0 Å². The Balaban J connectivity index is 2.73. The van der Waals surface area contributed by atoms with Crippen molar-refractivity contribution in [1.29, 1.82) is 0 Å². The van der Waals surface area contributed by atoms with Crippen molar-refractivity contribution in [3.05, 3.63) is 48.6 Å². The molecule has 1 aromatic rings. The minimum atomic E-state index is -0.389. The summed E-state index contributed by atoms with van der Waals surface area (Å²) >= 11 is 0. The molecule has 1 aromatic carbocycles. The van der Waals surface area contributed by atoms with Crippen LogP contribution in [0.1, 0.15) is 12.5 Å². The molecule has 86 valence electrons. The summed E-state index contributed by atoms with van der Waals surface area (Å²) in [4.78, 5) is 16.5. The van der Waals surface area contributed by atoms with Crippen molar-refractivity contribution < 1.29 is 14.3 Å². The molecule has 3 nitrogen and oxygen atoms in total. The Morgan fingerprint density at radius 2 is 2.06 bits per heavy atom. The summed E-state index contributed by atoms with van der Waals surface area (Å²) in [6, 6.07) is 9.96. The lowest BCUT2D eigenvalue weighted by atomic mass is 10.2. The Morgan fingerprint density at radius 3 is 2.56 bits per heavy atom. The van der Waals surface area contributed by atoms with Gasteiger partial charge in [-0.25, -0.2) is 4.79 Å². The Bertz CT molecular complexity index is 361. The highest BCUT2D eigenvalue weighted by Crippen LogP contribution is 2.12. The van der Waals surface area contributed by atoms with Gasteiger partial charge in [-0.2, -0.15) is 0 Å². The average molecular weight is 220 g/mol. The first-order valence-electron chi connectivity index (χ1n) is 5.34. The Hall–Kier alpha value is -1.61. The van der Waals surface area contributed by atoms with Gasteiger partial charge in [-0.1, -0.05) is 36.9 Å². The van der Waals surface area contributed by atoms with Crippen molar-refractivity contribution in [2.75, 3.05) is 13.6 Å². The molecule has 0 saturated carbocycles. The number of benzene rings is 1. The lowest BCUT2D eigenvalue weighted by molar-refractivity contribution is -1.08. The molecule has 0 fully saturated rings. The number of hydrogen-bond acceptors (Lipinski definition) is 2. The lowest BCUT2D eigenvalue weighted by Crippen LogP contribution is -2.44. The fourth-order valence-electron chi connectivity index (χ4n) is 1.43. The minimum absolute atomic E-state index is 0.231. The van der Waals surface area contributed by atoms with Crippen molar-refractivity contribution in [3.63, 3.8) is 0 Å². The van der Waals surface area contributed by atoms with Crippen molar-refractivity contribution in [2.24, 2.45) is 0 Å². The molecule has 0 aliphatic carbocycles. The van der Waals surface area contributed by atoms with E-state index in [4.69, 9.17) is 4.84 Å². The standard InChI is InChI=1S/C13H18NO2/c1-4-13(15)16-14(3,5-2)11-12-9-7-6-8-10-12/h4,6-10H,1,5,11H2,2-3H3/q+1. The molecule has 1 unspecified atom stereocenters. The van der Waals surface area contributed by atoms with Gasteiger partial charge in [0.05, 0.1) is 0 Å². The van der Waals surface area contributed by atoms with Crippen molar-refractivity contribution >= 4 is 5.97 Å². The Morgan fingerprint density at radius 1 is 1.44 bits per heavy atom. The average Bonchev–Trinajstić information content (AvgIpc) is 2.30. The zero-order valence-electron chi connectivity index (χ0n) is 9.85. The molecular formula is C13H18NO2+. The molecule has 0 bridgehead atoms. The van der Waals surface area contributed by atoms with E-state index >= 15 is 0 Å². The first-order valence-corrected chi connectivity index (χ1v) is 5.34. The Kier molecular flexibility index (Phi) is 4.26. The summed E-state index contributed by atoms with van der Waals surface area (Å²) in [5.41, 5.74) is 1.14. The van der Waals surface area contributed by atoms with Gasteiger partial charge in [-0.3, -0.25) is 4.84 Å². The zero-order chi connectivity index (χ0) is 12.0. The molecule has 0 amide bonds. The molecule has 3 heteroatoms. The van der Waals surface area contributed by atoms with Gasteiger partial charge in [0.15, 0.2) is 0 Å². The van der Waals surface area contributed by atoms with Gasteiger partial charge in [-0.15, -0.1) is 4.65 Å². The molecule has 0 radical (unpaired) electrons. The van der Waals surface area contributed by atoms with Crippen LogP contribution < -0.4 is 0 Å². The van der Waals surface area contributed by atoms with E-state index in [9.17, 15) is 4.79 Å². The van der Waals surface area contributed by atoms with Crippen LogP contribution in [0.25, 0.3) is 0 Å². The van der Waals surface area contributed by atoms with E-state index < -0.39 is 0 Å². The molecule has 0 aromatic heterocycles. The van der Waals surface area contributed by atoms with E-state index in [0.29, 0.717) is 13.1 Å². The summed E-state index contributed by atoms with van der Waals surface area (Å²) < 4.78 is 0.231. The Labute approximate surface area is 96.5 Å². The molecule has 1 rings (SSSR count). The largest absolute Gasteiger partial charge is 0.389 e. The van der Waals surface area contributed by atoms with Gasteiger partial charge in [0, 0.05) is 11.6 Å². The fourth-order valence-corrected chi connectivity index (χ4v) is 1.43. The van der Waals surface area contributed by atoms with E-state index in [1.54, 1.807) is 0 Å². The third kappa shape index (κ3) is 3.51. The minimum Gasteiger partial charge on any atom is -0.272 e. The molecule has 0 N–H and O–H groups in total. The van der Waals surface area contributed by atoms with Gasteiger partial charge < -0.3 is 0 Å². The third-order valence-electron chi connectivity index (χ3n) is 2.51. The third-order valence-corrected chi connectivity index (χ3v) is 2.51. The highest BCUT2D eigenvalue weighted by Gasteiger charge is 2.25. The molecule has 0 saturated heterocycles. The van der Waals surface area contributed by atoms with Crippen LogP contribution in [0.4, 0.5) is 0 Å². The summed E-state index contributed by atoms with van der Waals surface area (Å²) in [6.45, 7) is 6.77. The molecule has 0 spiro atoms. The monoisotopic (exact) mass is 220 g/mol. The SMILES string of the molecule is C=CC(=O)O[N+](C)(CC)Cc1ccccc1. The number of nitrogens with zero attached hydrogens (tertiary/aromatic N) is 1. The van der Waals surface area contributed by atoms with Crippen LogP contribution in [-0.2, 0) is 16.2 Å². The summed E-state index contributed by atoms with van der Waals surface area (Å²) in [5, 5.41) is 0. The highest BCUT2D eigenvalue weighted by atomic mass is 16.7. The first-order chi connectivity index (χ1) is 7.59. The van der Waals surface area contributed by atoms with Gasteiger partial charge in [0.1, 0.15) is 20.1 Å². The summed E-state index contributed by atoms with van der Waals surface area (Å²) in [7, 11) is 1.88. The smallest absolute Gasteiger partial charge is 0.272 e. The zero-order valence-corrected chi connectivity index (χ0v) is 9.85. The molecular weight excluding hydrogens is 202 g/mol. The molecule has 1 atom stereocenters. The van der Waals surface area contributed by atoms with Crippen LogP contribution in [-0.4, -0.2) is 24.2 Å². The van der Waals surface area contributed by atoms with Crippen LogP contribution >= 0.6 is 0 Å². The van der Waals surface area contributed by atoms with E-state index in [2.05, 4.69) is 6.58 Å². The second-order valence-electron chi connectivity index (χ2n) is 3.87. The van der Waals surface area contributed by atoms with Crippen molar-refractivity contribution in [2.45, 2.75) is 13.5 Å². The molecule has 0 aliphatic heterocycles. The van der Waals surface area contributed by atoms with Crippen LogP contribution in [0, 0.1) is 0 Å². The van der Waals surface area contributed by atoms with Crippen LogP contribution in [0.5, 0.6) is 0 Å². The van der Waals surface area contributed by atoms with E-state index in [1.807, 2.05) is 44.3 Å². The quantitative estimate of drug-likeness (QED) is 0.432. The normalized spacial score (nSPS) is 13.9. The van der Waals surface area contributed by atoms with Gasteiger partial charge >= 0.3 is 5.97 Å². The number of hydrogen-bond donors (Lipinski definition) is 0. The molecule has 0 heterocycles. The van der Waals surface area contributed by atoms with Gasteiger partial charge in [0.25, 0.3) is 0 Å². The van der Waals surface area contributed by atoms with E-state index in [1.165, 1.54) is 6.08 Å². The maximum atomic E-state index is 11.2. The molecule has 16 heavy (non-hydrogen) atoms. The van der Waals surface area contributed by atoms with E-state index in [-0.39, 0.29) is 10.6 Å². The van der Waals surface area contributed by atoms with E-state index in [0.717, 1.165) is 5.56 Å². The van der Waals surface area contributed by atoms with Crippen LogP contribution in [0.2, 0.25) is 0 Å². The summed E-state index contributed by atoms with van der Waals surface area (Å²) in [5.74, 6) is -0.389. The lowest BCUT2D eigenvalue weighted by Gasteiger charge is -2.28. The molecule has 0 aliphatic rings. The fraction of sp³-hybridized carbons (Fsp3) is 0.308. The van der Waals surface area contributed by atoms with Gasteiger partial charge in [-0.05, 0) is 6.92 Å². The number of carbonyl (C=O) groups is 1.